The van der Waals surface area contributed by atoms with Crippen LogP contribution in [0.3, 0.4) is 0 Å². The van der Waals surface area contributed by atoms with Gasteiger partial charge in [-0.05, 0) is 0 Å². The van der Waals surface area contributed by atoms with Gasteiger partial charge in [-0.1, -0.05) is 0 Å². The van der Waals surface area contributed by atoms with E-state index >= 15 is 0 Å². The molecule has 3 heterocycles. The van der Waals surface area contributed by atoms with Crippen molar-refractivity contribution in [1.82, 2.24) is 0 Å². The molecule has 3 saturated heterocycles. The average molecular weight is 584 g/mol. The number of hydrogen-bond donors (Lipinski definition) is 12. The molecule has 0 spiro atoms. The normalized spacial score (nSPS) is 48.7. The molecule has 0 unspecified atom stereocenters. The van der Waals surface area contributed by atoms with Crippen LogP contribution in [0.25, 0.3) is 0 Å². The molecule has 224 valence electrons. The molecule has 3 aliphatic rings. The molecule has 19 nitrogen and oxygen atoms in total. The zero-order valence-corrected chi connectivity index (χ0v) is 20.3. The Balaban J connectivity index is 1.91. The van der Waals surface area contributed by atoms with Crippen molar-refractivity contribution in [1.29, 1.82) is 0 Å². The number of aliphatic hydroxyl groups is 12. The van der Waals surface area contributed by atoms with Crippen molar-refractivity contribution < 1.29 is 93.6 Å². The minimum Gasteiger partial charge on any atom is -0.394 e. The number of ether oxygens (including phenoxy) is 3. The van der Waals surface area contributed by atoms with E-state index in [1.807, 2.05) is 0 Å². The van der Waals surface area contributed by atoms with Crippen molar-refractivity contribution in [3.63, 3.8) is 0 Å². The highest BCUT2D eigenvalue weighted by Gasteiger charge is 2.54. The number of phosphoric acid groups is 1. The molecular formula is C18H33O19P. The van der Waals surface area contributed by atoms with Gasteiger partial charge >= 0.3 is 7.82 Å². The van der Waals surface area contributed by atoms with Crippen molar-refractivity contribution >= 4 is 7.82 Å². The van der Waals surface area contributed by atoms with Crippen LogP contribution < -0.4 is 0 Å². The van der Waals surface area contributed by atoms with Gasteiger partial charge in [-0.3, -0.25) is 13.6 Å². The Morgan fingerprint density at radius 3 is 0.895 bits per heavy atom. The fourth-order valence-electron chi connectivity index (χ4n) is 3.92. The van der Waals surface area contributed by atoms with Crippen LogP contribution in [0.5, 0.6) is 0 Å². The summed E-state index contributed by atoms with van der Waals surface area (Å²) in [6.45, 7) is -2.76. The number of rotatable bonds is 9. The van der Waals surface area contributed by atoms with Crippen LogP contribution in [0, 0.1) is 0 Å². The third-order valence-corrected chi connectivity index (χ3v) is 7.64. The topological polar surface area (TPSA) is 315 Å². The van der Waals surface area contributed by atoms with Crippen molar-refractivity contribution in [2.75, 3.05) is 19.8 Å². The molecule has 0 saturated carbocycles. The molecule has 20 heteroatoms. The van der Waals surface area contributed by atoms with Gasteiger partial charge in [0.05, 0.1) is 19.8 Å². The first-order valence-corrected chi connectivity index (χ1v) is 12.8. The number of phosphoric ester groups is 1. The summed E-state index contributed by atoms with van der Waals surface area (Å²) in [4.78, 5) is 0. The lowest BCUT2D eigenvalue weighted by atomic mass is 9.99. The lowest BCUT2D eigenvalue weighted by Crippen LogP contribution is -2.60. The van der Waals surface area contributed by atoms with E-state index in [2.05, 4.69) is 0 Å². The first-order chi connectivity index (χ1) is 17.8. The Morgan fingerprint density at radius 2 is 0.684 bits per heavy atom. The maximum atomic E-state index is 13.7. The van der Waals surface area contributed by atoms with Gasteiger partial charge in [0.2, 0.25) is 0 Å². The van der Waals surface area contributed by atoms with E-state index < -0.39 is 120 Å². The molecule has 0 aliphatic carbocycles. The van der Waals surface area contributed by atoms with Crippen LogP contribution in [-0.4, -0.2) is 173 Å². The van der Waals surface area contributed by atoms with Gasteiger partial charge in [0.25, 0.3) is 0 Å². The fourth-order valence-corrected chi connectivity index (χ4v) is 5.36. The van der Waals surface area contributed by atoms with Crippen LogP contribution in [0.4, 0.5) is 0 Å². The minimum absolute atomic E-state index is 0.920. The van der Waals surface area contributed by atoms with E-state index in [0.717, 1.165) is 0 Å². The van der Waals surface area contributed by atoms with Crippen molar-refractivity contribution in [2.24, 2.45) is 0 Å². The molecule has 0 amide bonds. The van der Waals surface area contributed by atoms with E-state index in [1.165, 1.54) is 0 Å². The molecular weight excluding hydrogens is 551 g/mol. The van der Waals surface area contributed by atoms with E-state index in [4.69, 9.17) is 27.8 Å². The highest BCUT2D eigenvalue weighted by Crippen LogP contribution is 2.56. The van der Waals surface area contributed by atoms with E-state index in [1.54, 1.807) is 0 Å². The molecule has 0 bridgehead atoms. The van der Waals surface area contributed by atoms with Crippen molar-refractivity contribution in [3.8, 4) is 0 Å². The summed E-state index contributed by atoms with van der Waals surface area (Å²) < 4.78 is 44.2. The fraction of sp³-hybridized carbons (Fsp3) is 1.00. The van der Waals surface area contributed by atoms with Crippen LogP contribution in [-0.2, 0) is 32.3 Å². The number of aliphatic hydroxyl groups excluding tert-OH is 12. The molecule has 38 heavy (non-hydrogen) atoms. The molecule has 3 aliphatic heterocycles. The second-order valence-corrected chi connectivity index (χ2v) is 10.4. The van der Waals surface area contributed by atoms with Gasteiger partial charge in [0.15, 0.2) is 18.9 Å². The zero-order chi connectivity index (χ0) is 28.5. The van der Waals surface area contributed by atoms with Crippen LogP contribution in [0.15, 0.2) is 0 Å². The number of hydrogen-bond acceptors (Lipinski definition) is 19. The summed E-state index contributed by atoms with van der Waals surface area (Å²) in [5.41, 5.74) is 0. The Morgan fingerprint density at radius 1 is 0.447 bits per heavy atom. The first kappa shape index (κ1) is 32.0. The lowest BCUT2D eigenvalue weighted by molar-refractivity contribution is -0.311. The standard InChI is InChI=1S/C18H33O19P/c19-1-4-7(22)10(25)13(28)16(32-4)35-38(31,36-17-14(29)11(26)8(23)5(2-20)33-17)37-18-15(30)12(27)9(24)6(3-21)34-18/h4-30H,1-3H2/t4-,5-,6-,7+,8+,9+,10-,11-,12-,13+,14+,15+,16-,17-,18-/m1/s1. The average Bonchev–Trinajstić information content (AvgIpc) is 2.89. The van der Waals surface area contributed by atoms with E-state index in [9.17, 15) is 65.8 Å². The Bertz CT molecular complexity index is 700. The van der Waals surface area contributed by atoms with Crippen LogP contribution in [0.2, 0.25) is 0 Å². The van der Waals surface area contributed by atoms with Crippen molar-refractivity contribution in [2.45, 2.75) is 92.1 Å². The van der Waals surface area contributed by atoms with Gasteiger partial charge in [-0.25, -0.2) is 4.57 Å². The van der Waals surface area contributed by atoms with Gasteiger partial charge < -0.3 is 75.5 Å². The first-order valence-electron chi connectivity index (χ1n) is 11.3. The predicted octanol–water partition coefficient (Wildman–Crippen LogP) is -7.46. The Labute approximate surface area is 214 Å². The maximum Gasteiger partial charge on any atom is 0.482 e. The summed E-state index contributed by atoms with van der Waals surface area (Å²) >= 11 is 0. The van der Waals surface area contributed by atoms with E-state index in [0.29, 0.717) is 0 Å². The maximum absolute atomic E-state index is 13.7. The summed E-state index contributed by atoms with van der Waals surface area (Å²) in [6.07, 6.45) is -29.5. The SMILES string of the molecule is O=P(O[C@H]1O[C@H](CO)[C@H](O)[C@@H](O)[C@@H]1O)(O[C@H]1O[C@H](CO)[C@H](O)[C@@H](O)[C@@H]1O)O[C@H]1O[C@H](CO)[C@H](O)[C@@H](O)[C@@H]1O. The van der Waals surface area contributed by atoms with Gasteiger partial charge in [-0.15, -0.1) is 0 Å². The molecule has 12 N–H and O–H groups in total. The zero-order valence-electron chi connectivity index (χ0n) is 19.5. The van der Waals surface area contributed by atoms with Gasteiger partial charge in [-0.2, -0.15) is 0 Å². The monoisotopic (exact) mass is 584 g/mol. The second-order valence-electron chi connectivity index (χ2n) is 8.86. The summed E-state index contributed by atoms with van der Waals surface area (Å²) in [5, 5.41) is 119. The molecule has 0 aromatic rings. The predicted molar refractivity (Wildman–Crippen MR) is 112 cm³/mol. The van der Waals surface area contributed by atoms with Gasteiger partial charge in [0.1, 0.15) is 73.2 Å². The van der Waals surface area contributed by atoms with E-state index in [-0.39, 0.29) is 0 Å². The molecule has 0 radical (unpaired) electrons. The van der Waals surface area contributed by atoms with Crippen LogP contribution in [0.1, 0.15) is 0 Å². The molecule has 0 aromatic carbocycles. The third kappa shape index (κ3) is 6.52. The lowest BCUT2D eigenvalue weighted by Gasteiger charge is -2.44. The third-order valence-electron chi connectivity index (χ3n) is 6.24. The van der Waals surface area contributed by atoms with Crippen molar-refractivity contribution in [3.05, 3.63) is 0 Å². The Kier molecular flexibility index (Phi) is 11.0. The second kappa shape index (κ2) is 13.0. The molecule has 0 aromatic heterocycles. The summed E-state index contributed by atoms with van der Waals surface area (Å²) in [5.74, 6) is 0. The quantitative estimate of drug-likeness (QED) is 0.112. The molecule has 3 fully saturated rings. The summed E-state index contributed by atoms with van der Waals surface area (Å²) in [7, 11) is -5.46. The van der Waals surface area contributed by atoms with Crippen LogP contribution >= 0.6 is 7.82 Å². The summed E-state index contributed by atoms with van der Waals surface area (Å²) in [6, 6.07) is 0. The van der Waals surface area contributed by atoms with Gasteiger partial charge in [0, 0.05) is 0 Å². The largest absolute Gasteiger partial charge is 0.482 e. The smallest absolute Gasteiger partial charge is 0.394 e. The minimum atomic E-state index is -5.46. The molecule has 3 rings (SSSR count). The highest BCUT2D eigenvalue weighted by atomic mass is 31.2. The highest BCUT2D eigenvalue weighted by molar-refractivity contribution is 7.48. The molecule has 15 atom stereocenters. The Hall–Kier alpha value is -0.490.